The van der Waals surface area contributed by atoms with Crippen molar-refractivity contribution in [3.8, 4) is 0 Å². The van der Waals surface area contributed by atoms with E-state index in [4.69, 9.17) is 20.9 Å². The second-order valence-corrected chi connectivity index (χ2v) is 7.71. The molecule has 9 heteroatoms. The predicted molar refractivity (Wildman–Crippen MR) is 104 cm³/mol. The second kappa shape index (κ2) is 6.74. The summed E-state index contributed by atoms with van der Waals surface area (Å²) in [6, 6.07) is 5.93. The molecular formula is C20H17ClF2N4O2. The van der Waals surface area contributed by atoms with Crippen molar-refractivity contribution in [1.82, 2.24) is 19.7 Å². The smallest absolute Gasteiger partial charge is 0.291 e. The molecule has 0 spiro atoms. The van der Waals surface area contributed by atoms with Crippen molar-refractivity contribution >= 4 is 33.5 Å². The van der Waals surface area contributed by atoms with Crippen molar-refractivity contribution in [1.29, 1.82) is 0 Å². The molecular weight excluding hydrogens is 402 g/mol. The van der Waals surface area contributed by atoms with Crippen LogP contribution in [0.4, 0.5) is 8.78 Å². The maximum atomic E-state index is 14.9. The van der Waals surface area contributed by atoms with Crippen LogP contribution in [0.2, 0.25) is 5.02 Å². The molecule has 1 aliphatic heterocycles. The van der Waals surface area contributed by atoms with Crippen molar-refractivity contribution in [3.63, 3.8) is 0 Å². The maximum Gasteiger partial charge on any atom is 0.291 e. The first-order valence-corrected chi connectivity index (χ1v) is 9.63. The number of alkyl halides is 2. The Kier molecular flexibility index (Phi) is 4.29. The van der Waals surface area contributed by atoms with E-state index in [2.05, 4.69) is 15.1 Å². The van der Waals surface area contributed by atoms with Gasteiger partial charge in [0.05, 0.1) is 29.3 Å². The fourth-order valence-electron chi connectivity index (χ4n) is 3.95. The van der Waals surface area contributed by atoms with Gasteiger partial charge in [0.15, 0.2) is 0 Å². The Morgan fingerprint density at radius 3 is 2.90 bits per heavy atom. The summed E-state index contributed by atoms with van der Waals surface area (Å²) in [4.78, 5) is 9.06. The summed E-state index contributed by atoms with van der Waals surface area (Å²) < 4.78 is 41.6. The molecule has 0 radical (unpaired) electrons. The van der Waals surface area contributed by atoms with E-state index in [0.717, 1.165) is 0 Å². The third-order valence-electron chi connectivity index (χ3n) is 5.20. The van der Waals surface area contributed by atoms with Crippen LogP contribution in [-0.2, 0) is 11.2 Å². The van der Waals surface area contributed by atoms with Gasteiger partial charge in [0.25, 0.3) is 5.92 Å². The lowest BCUT2D eigenvalue weighted by Crippen LogP contribution is -2.41. The summed E-state index contributed by atoms with van der Waals surface area (Å²) in [5, 5.41) is 5.20. The number of hydrogen-bond acceptors (Lipinski definition) is 5. The Morgan fingerprint density at radius 1 is 1.28 bits per heavy atom. The number of pyridine rings is 1. The normalized spacial score (nSPS) is 19.2. The van der Waals surface area contributed by atoms with Gasteiger partial charge in [-0.3, -0.25) is 4.98 Å². The Hall–Kier alpha value is -2.58. The summed E-state index contributed by atoms with van der Waals surface area (Å²) in [6.07, 6.45) is 2.05. The number of rotatable bonds is 3. The third-order valence-corrected chi connectivity index (χ3v) is 5.43. The number of aryl methyl sites for hydroxylation is 1. The molecule has 0 saturated carbocycles. The summed E-state index contributed by atoms with van der Waals surface area (Å²) in [5.41, 5.74) is 2.43. The summed E-state index contributed by atoms with van der Waals surface area (Å²) in [5.74, 6) is -1.90. The van der Waals surface area contributed by atoms with Gasteiger partial charge in [0.2, 0.25) is 0 Å². The van der Waals surface area contributed by atoms with Crippen molar-refractivity contribution < 1.29 is 18.0 Å². The Labute approximate surface area is 169 Å². The van der Waals surface area contributed by atoms with E-state index in [1.807, 2.05) is 0 Å². The number of ether oxygens (including phenoxy) is 1. The topological polar surface area (TPSA) is 66.0 Å². The van der Waals surface area contributed by atoms with Crippen molar-refractivity contribution in [2.75, 3.05) is 13.2 Å². The van der Waals surface area contributed by atoms with Gasteiger partial charge in [-0.1, -0.05) is 16.8 Å². The molecule has 0 bridgehead atoms. The molecule has 1 unspecified atom stereocenters. The highest BCUT2D eigenvalue weighted by Crippen LogP contribution is 2.40. The number of hydrogen-bond donors (Lipinski definition) is 0. The maximum absolute atomic E-state index is 14.9. The lowest BCUT2D eigenvalue weighted by Gasteiger charge is -2.33. The van der Waals surface area contributed by atoms with E-state index >= 15 is 0 Å². The number of aromatic nitrogens is 4. The van der Waals surface area contributed by atoms with Crippen LogP contribution in [0, 0.1) is 6.92 Å². The predicted octanol–water partition coefficient (Wildman–Crippen LogP) is 4.72. The van der Waals surface area contributed by atoms with Crippen molar-refractivity contribution in [2.24, 2.45) is 0 Å². The third kappa shape index (κ3) is 3.16. The van der Waals surface area contributed by atoms with Crippen LogP contribution in [0.15, 0.2) is 35.0 Å². The van der Waals surface area contributed by atoms with E-state index in [9.17, 15) is 8.78 Å². The molecule has 4 aromatic rings. The number of benzene rings is 1. The zero-order valence-corrected chi connectivity index (χ0v) is 16.3. The first kappa shape index (κ1) is 18.4. The van der Waals surface area contributed by atoms with Crippen LogP contribution in [0.3, 0.4) is 0 Å². The average molecular weight is 419 g/mol. The lowest BCUT2D eigenvalue weighted by atomic mass is 10.0. The summed E-state index contributed by atoms with van der Waals surface area (Å²) >= 11 is 6.20. The molecule has 6 nitrogen and oxygen atoms in total. The lowest BCUT2D eigenvalue weighted by molar-refractivity contribution is -0.147. The van der Waals surface area contributed by atoms with Gasteiger partial charge in [0.1, 0.15) is 29.8 Å². The first-order chi connectivity index (χ1) is 13.9. The van der Waals surface area contributed by atoms with Gasteiger partial charge >= 0.3 is 0 Å². The van der Waals surface area contributed by atoms with Crippen molar-refractivity contribution in [2.45, 2.75) is 31.7 Å². The van der Waals surface area contributed by atoms with Crippen LogP contribution >= 0.6 is 11.6 Å². The minimum Gasteiger partial charge on any atom is -0.375 e. The van der Waals surface area contributed by atoms with Gasteiger partial charge in [-0.15, -0.1) is 0 Å². The standard InChI is InChI=1S/C20H17ClF2N4O2/c1-11-6-13(26-29-11)8-18-25-16-9-24-15-3-2-12(21)7-14(15)19(16)27(18)17-4-5-28-10-20(17,22)23/h2-3,6-7,9,17H,4-5,8,10H2,1H3. The molecule has 4 heterocycles. The summed E-state index contributed by atoms with van der Waals surface area (Å²) in [7, 11) is 0. The van der Waals surface area contributed by atoms with E-state index in [0.29, 0.717) is 44.2 Å². The van der Waals surface area contributed by atoms with Gasteiger partial charge in [-0.2, -0.15) is 0 Å². The minimum absolute atomic E-state index is 0.174. The number of fused-ring (bicyclic) bond motifs is 3. The zero-order chi connectivity index (χ0) is 20.2. The second-order valence-electron chi connectivity index (χ2n) is 7.28. The van der Waals surface area contributed by atoms with Gasteiger partial charge in [-0.25, -0.2) is 13.8 Å². The van der Waals surface area contributed by atoms with Crippen LogP contribution in [0.5, 0.6) is 0 Å². The molecule has 1 aliphatic rings. The number of nitrogens with zero attached hydrogens (tertiary/aromatic N) is 4. The molecule has 3 aromatic heterocycles. The Morgan fingerprint density at radius 2 is 2.14 bits per heavy atom. The first-order valence-electron chi connectivity index (χ1n) is 9.25. The Bertz CT molecular complexity index is 1220. The largest absolute Gasteiger partial charge is 0.375 e. The monoisotopic (exact) mass is 418 g/mol. The van der Waals surface area contributed by atoms with E-state index in [1.165, 1.54) is 0 Å². The number of halogens is 3. The molecule has 5 rings (SSSR count). The molecule has 29 heavy (non-hydrogen) atoms. The van der Waals surface area contributed by atoms with Crippen LogP contribution < -0.4 is 0 Å². The molecule has 1 aromatic carbocycles. The zero-order valence-electron chi connectivity index (χ0n) is 15.5. The van der Waals surface area contributed by atoms with E-state index in [1.54, 1.807) is 42.0 Å². The van der Waals surface area contributed by atoms with Gasteiger partial charge in [-0.05, 0) is 31.5 Å². The highest BCUT2D eigenvalue weighted by molar-refractivity contribution is 6.31. The van der Waals surface area contributed by atoms with Crippen LogP contribution in [0.1, 0.15) is 29.7 Å². The molecule has 0 aliphatic carbocycles. The van der Waals surface area contributed by atoms with E-state index < -0.39 is 18.6 Å². The minimum atomic E-state index is -3.03. The molecule has 0 N–H and O–H groups in total. The molecule has 150 valence electrons. The highest BCUT2D eigenvalue weighted by Gasteiger charge is 2.45. The fourth-order valence-corrected chi connectivity index (χ4v) is 4.12. The highest BCUT2D eigenvalue weighted by atomic mass is 35.5. The van der Waals surface area contributed by atoms with Crippen LogP contribution in [-0.4, -0.2) is 38.8 Å². The molecule has 1 saturated heterocycles. The summed E-state index contributed by atoms with van der Waals surface area (Å²) in [6.45, 7) is 1.42. The van der Waals surface area contributed by atoms with Gasteiger partial charge < -0.3 is 13.8 Å². The quantitative estimate of drug-likeness (QED) is 0.481. The molecule has 0 amide bonds. The number of imidazole rings is 1. The fraction of sp³-hybridized carbons (Fsp3) is 0.350. The molecule has 1 atom stereocenters. The SMILES string of the molecule is Cc1cc(Cc2nc3cnc4ccc(Cl)cc4c3n2C2CCOCC2(F)F)no1. The van der Waals surface area contributed by atoms with Crippen molar-refractivity contribution in [3.05, 3.63) is 52.8 Å². The van der Waals surface area contributed by atoms with E-state index in [-0.39, 0.29) is 19.4 Å². The Balaban J connectivity index is 1.79. The average Bonchev–Trinajstić information content (AvgIpc) is 3.25. The van der Waals surface area contributed by atoms with Crippen LogP contribution in [0.25, 0.3) is 21.9 Å². The van der Waals surface area contributed by atoms with Gasteiger partial charge in [0, 0.05) is 23.1 Å². The molecule has 1 fully saturated rings.